The molecule has 0 amide bonds. The van der Waals surface area contributed by atoms with E-state index in [1.165, 1.54) is 33.2 Å². The summed E-state index contributed by atoms with van der Waals surface area (Å²) in [6, 6.07) is 27.7. The number of hydrogen-bond donors (Lipinski definition) is 0. The van der Waals surface area contributed by atoms with E-state index in [1.54, 1.807) is 0 Å². The zero-order valence-electron chi connectivity index (χ0n) is 14.0. The molecule has 0 atom stereocenters. The molecule has 0 aliphatic carbocycles. The number of fused-ring (bicyclic) bond motifs is 1. The van der Waals surface area contributed by atoms with Gasteiger partial charge in [-0.05, 0) is 54.3 Å². The molecular formula is C23H19N. The van der Waals surface area contributed by atoms with Crippen LogP contribution in [0, 0.1) is 13.8 Å². The lowest BCUT2D eigenvalue weighted by molar-refractivity contribution is 1.32. The maximum Gasteiger partial charge on any atom is 0.0716 e. The lowest BCUT2D eigenvalue weighted by Crippen LogP contribution is -1.91. The first-order valence-corrected chi connectivity index (χ1v) is 8.25. The van der Waals surface area contributed by atoms with Gasteiger partial charge >= 0.3 is 0 Å². The third-order valence-corrected chi connectivity index (χ3v) is 4.60. The van der Waals surface area contributed by atoms with E-state index in [9.17, 15) is 0 Å². The third-order valence-electron chi connectivity index (χ3n) is 4.60. The van der Waals surface area contributed by atoms with Crippen molar-refractivity contribution in [2.45, 2.75) is 13.8 Å². The average Bonchev–Trinajstić information content (AvgIpc) is 2.64. The Morgan fingerprint density at radius 3 is 2.17 bits per heavy atom. The van der Waals surface area contributed by atoms with Gasteiger partial charge in [-0.25, -0.2) is 4.98 Å². The Morgan fingerprint density at radius 1 is 0.625 bits per heavy atom. The van der Waals surface area contributed by atoms with E-state index >= 15 is 0 Å². The topological polar surface area (TPSA) is 12.9 Å². The van der Waals surface area contributed by atoms with Crippen molar-refractivity contribution in [1.29, 1.82) is 0 Å². The van der Waals surface area contributed by atoms with Crippen molar-refractivity contribution < 1.29 is 0 Å². The molecule has 3 aromatic carbocycles. The van der Waals surface area contributed by atoms with Crippen LogP contribution in [0.2, 0.25) is 0 Å². The van der Waals surface area contributed by atoms with Gasteiger partial charge in [-0.1, -0.05) is 60.7 Å². The molecule has 4 rings (SSSR count). The van der Waals surface area contributed by atoms with E-state index in [0.717, 1.165) is 11.2 Å². The standard InChI is InChI=1S/C23H19N/c1-16-12-13-19(14-17(16)2)23-15-21(18-8-4-3-5-9-18)20-10-6-7-11-22(20)24-23/h3-15H,1-2H3. The van der Waals surface area contributed by atoms with Crippen molar-refractivity contribution in [2.24, 2.45) is 0 Å². The predicted molar refractivity (Wildman–Crippen MR) is 102 cm³/mol. The minimum Gasteiger partial charge on any atom is -0.248 e. The van der Waals surface area contributed by atoms with Crippen LogP contribution < -0.4 is 0 Å². The van der Waals surface area contributed by atoms with Gasteiger partial charge in [0.15, 0.2) is 0 Å². The Kier molecular flexibility index (Phi) is 3.62. The monoisotopic (exact) mass is 309 g/mol. The Hall–Kier alpha value is -2.93. The molecule has 0 unspecified atom stereocenters. The first-order chi connectivity index (χ1) is 11.7. The van der Waals surface area contributed by atoms with Crippen LogP contribution in [0.25, 0.3) is 33.3 Å². The van der Waals surface area contributed by atoms with Crippen LogP contribution in [0.4, 0.5) is 0 Å². The maximum absolute atomic E-state index is 4.90. The Balaban J connectivity index is 1.99. The Labute approximate surface area is 142 Å². The molecule has 0 N–H and O–H groups in total. The molecule has 0 aliphatic rings. The minimum atomic E-state index is 1.02. The first kappa shape index (κ1) is 14.6. The fraction of sp³-hybridized carbons (Fsp3) is 0.0870. The van der Waals surface area contributed by atoms with E-state index in [1.807, 2.05) is 6.07 Å². The van der Waals surface area contributed by atoms with Crippen molar-refractivity contribution in [2.75, 3.05) is 0 Å². The lowest BCUT2D eigenvalue weighted by Gasteiger charge is -2.11. The number of aromatic nitrogens is 1. The SMILES string of the molecule is Cc1ccc(-c2cc(-c3ccccc3)c3ccccc3n2)cc1C. The molecule has 0 fully saturated rings. The maximum atomic E-state index is 4.90. The summed E-state index contributed by atoms with van der Waals surface area (Å²) in [6.07, 6.45) is 0. The summed E-state index contributed by atoms with van der Waals surface area (Å²) in [7, 11) is 0. The molecule has 0 bridgehead atoms. The number of nitrogens with zero attached hydrogens (tertiary/aromatic N) is 1. The smallest absolute Gasteiger partial charge is 0.0716 e. The summed E-state index contributed by atoms with van der Waals surface area (Å²) in [4.78, 5) is 4.90. The van der Waals surface area contributed by atoms with Crippen LogP contribution in [-0.2, 0) is 0 Å². The van der Waals surface area contributed by atoms with Crippen LogP contribution in [0.1, 0.15) is 11.1 Å². The molecular weight excluding hydrogens is 290 g/mol. The normalized spacial score (nSPS) is 10.9. The molecule has 116 valence electrons. The second kappa shape index (κ2) is 5.93. The summed E-state index contributed by atoms with van der Waals surface area (Å²) in [5.41, 5.74) is 8.28. The summed E-state index contributed by atoms with van der Waals surface area (Å²) >= 11 is 0. The second-order valence-corrected chi connectivity index (χ2v) is 6.24. The van der Waals surface area contributed by atoms with Gasteiger partial charge in [0.05, 0.1) is 11.2 Å². The number of aryl methyl sites for hydroxylation is 2. The average molecular weight is 309 g/mol. The largest absolute Gasteiger partial charge is 0.248 e. The molecule has 1 nitrogen and oxygen atoms in total. The zero-order valence-corrected chi connectivity index (χ0v) is 14.0. The van der Waals surface area contributed by atoms with E-state index in [2.05, 4.69) is 86.6 Å². The van der Waals surface area contributed by atoms with Crippen molar-refractivity contribution in [3.8, 4) is 22.4 Å². The summed E-state index contributed by atoms with van der Waals surface area (Å²) in [5.74, 6) is 0. The van der Waals surface area contributed by atoms with Gasteiger partial charge in [-0.2, -0.15) is 0 Å². The van der Waals surface area contributed by atoms with Gasteiger partial charge in [0.25, 0.3) is 0 Å². The molecule has 1 heterocycles. The molecule has 4 aromatic rings. The zero-order chi connectivity index (χ0) is 16.5. The van der Waals surface area contributed by atoms with Crippen LogP contribution >= 0.6 is 0 Å². The number of para-hydroxylation sites is 1. The number of benzene rings is 3. The van der Waals surface area contributed by atoms with Gasteiger partial charge in [0.2, 0.25) is 0 Å². The number of hydrogen-bond acceptors (Lipinski definition) is 1. The van der Waals surface area contributed by atoms with E-state index in [0.29, 0.717) is 0 Å². The van der Waals surface area contributed by atoms with Crippen LogP contribution in [0.15, 0.2) is 78.9 Å². The van der Waals surface area contributed by atoms with E-state index < -0.39 is 0 Å². The highest BCUT2D eigenvalue weighted by molar-refractivity contribution is 5.96. The highest BCUT2D eigenvalue weighted by atomic mass is 14.7. The molecule has 0 spiro atoms. The van der Waals surface area contributed by atoms with E-state index in [4.69, 9.17) is 4.98 Å². The van der Waals surface area contributed by atoms with Crippen LogP contribution in [0.3, 0.4) is 0 Å². The highest BCUT2D eigenvalue weighted by Gasteiger charge is 2.09. The Bertz CT molecular complexity index is 1020. The fourth-order valence-electron chi connectivity index (χ4n) is 3.08. The second-order valence-electron chi connectivity index (χ2n) is 6.24. The van der Waals surface area contributed by atoms with Gasteiger partial charge in [-0.15, -0.1) is 0 Å². The summed E-state index contributed by atoms with van der Waals surface area (Å²) < 4.78 is 0. The molecule has 24 heavy (non-hydrogen) atoms. The number of pyridine rings is 1. The van der Waals surface area contributed by atoms with E-state index in [-0.39, 0.29) is 0 Å². The number of rotatable bonds is 2. The van der Waals surface area contributed by atoms with Gasteiger partial charge in [0.1, 0.15) is 0 Å². The van der Waals surface area contributed by atoms with Crippen molar-refractivity contribution in [3.63, 3.8) is 0 Å². The lowest BCUT2D eigenvalue weighted by atomic mass is 9.97. The van der Waals surface area contributed by atoms with Gasteiger partial charge in [0, 0.05) is 10.9 Å². The third kappa shape index (κ3) is 2.59. The molecule has 1 heteroatoms. The van der Waals surface area contributed by atoms with Crippen LogP contribution in [-0.4, -0.2) is 4.98 Å². The van der Waals surface area contributed by atoms with Gasteiger partial charge in [-0.3, -0.25) is 0 Å². The fourth-order valence-corrected chi connectivity index (χ4v) is 3.08. The molecule has 0 saturated heterocycles. The van der Waals surface area contributed by atoms with Gasteiger partial charge < -0.3 is 0 Å². The summed E-state index contributed by atoms with van der Waals surface area (Å²) in [6.45, 7) is 4.29. The predicted octanol–water partition coefficient (Wildman–Crippen LogP) is 6.19. The van der Waals surface area contributed by atoms with Crippen LogP contribution in [0.5, 0.6) is 0 Å². The summed E-state index contributed by atoms with van der Waals surface area (Å²) in [5, 5.41) is 1.19. The quantitative estimate of drug-likeness (QED) is 0.430. The molecule has 0 saturated carbocycles. The molecule has 1 aromatic heterocycles. The minimum absolute atomic E-state index is 1.02. The molecule has 0 aliphatic heterocycles. The van der Waals surface area contributed by atoms with Crippen molar-refractivity contribution >= 4 is 10.9 Å². The van der Waals surface area contributed by atoms with Crippen molar-refractivity contribution in [3.05, 3.63) is 90.0 Å². The molecule has 0 radical (unpaired) electrons. The Morgan fingerprint density at radius 2 is 1.38 bits per heavy atom. The van der Waals surface area contributed by atoms with Crippen molar-refractivity contribution in [1.82, 2.24) is 4.98 Å². The first-order valence-electron chi connectivity index (χ1n) is 8.25. The highest BCUT2D eigenvalue weighted by Crippen LogP contribution is 2.32.